The lowest BCUT2D eigenvalue weighted by Crippen LogP contribution is -2.51. The Kier molecular flexibility index (Phi) is 7.14. The fourth-order valence-corrected chi connectivity index (χ4v) is 3.53. The van der Waals surface area contributed by atoms with Crippen molar-refractivity contribution in [2.45, 2.75) is 24.6 Å². The molecule has 2 atom stereocenters. The summed E-state index contributed by atoms with van der Waals surface area (Å²) in [6.45, 7) is 1.96. The first-order chi connectivity index (χ1) is 12.5. The number of hydrogen-bond donors (Lipinski definition) is 2. The van der Waals surface area contributed by atoms with Crippen molar-refractivity contribution in [2.75, 3.05) is 31.9 Å². The van der Waals surface area contributed by atoms with Crippen LogP contribution >= 0.6 is 11.8 Å². The molecule has 1 aliphatic heterocycles. The van der Waals surface area contributed by atoms with Crippen molar-refractivity contribution >= 4 is 35.2 Å². The number of hydrogen-bond acceptors (Lipinski definition) is 7. The molecule has 1 heterocycles. The van der Waals surface area contributed by atoms with E-state index in [-0.39, 0.29) is 24.8 Å². The second-order valence-corrected chi connectivity index (χ2v) is 6.69. The molecule has 2 amide bonds. The van der Waals surface area contributed by atoms with Gasteiger partial charge in [0.1, 0.15) is 17.5 Å². The Morgan fingerprint density at radius 1 is 1.31 bits per heavy atom. The molecule has 1 aromatic rings. The van der Waals surface area contributed by atoms with Gasteiger partial charge in [0, 0.05) is 18.2 Å². The van der Waals surface area contributed by atoms with Gasteiger partial charge in [0.25, 0.3) is 0 Å². The second-order valence-electron chi connectivity index (χ2n) is 5.45. The second kappa shape index (κ2) is 9.33. The maximum absolute atomic E-state index is 12.3. The smallest absolute Gasteiger partial charge is 0.329 e. The summed E-state index contributed by atoms with van der Waals surface area (Å²) in [4.78, 5) is 36.2. The van der Waals surface area contributed by atoms with E-state index in [1.807, 2.05) is 0 Å². The Bertz CT molecular complexity index is 681. The van der Waals surface area contributed by atoms with E-state index in [4.69, 9.17) is 14.2 Å². The summed E-state index contributed by atoms with van der Waals surface area (Å²) in [6, 6.07) is 4.36. The van der Waals surface area contributed by atoms with Crippen LogP contribution in [-0.2, 0) is 19.1 Å². The van der Waals surface area contributed by atoms with Crippen molar-refractivity contribution in [3.05, 3.63) is 18.2 Å². The molecule has 1 saturated heterocycles. The molecule has 8 nitrogen and oxygen atoms in total. The molecule has 142 valence electrons. The van der Waals surface area contributed by atoms with Crippen LogP contribution in [0.3, 0.4) is 0 Å². The zero-order chi connectivity index (χ0) is 19.1. The fourth-order valence-electron chi connectivity index (χ4n) is 2.40. The van der Waals surface area contributed by atoms with Gasteiger partial charge in [0.2, 0.25) is 11.8 Å². The monoisotopic (exact) mass is 382 g/mol. The number of carbonyl (C=O) groups is 3. The first-order valence-corrected chi connectivity index (χ1v) is 9.13. The standard InChI is InChI=1S/C17H22N2O6S/c1-4-25-17(22)12-9-26-14(16(21)19-12)8-15(20)18-11-7-10(23-2)5-6-13(11)24-3/h5-7,12,14H,4,8-9H2,1-3H3,(H,18,20)(H,19,21)/t12-,14-/m1/s1. The quantitative estimate of drug-likeness (QED) is 0.683. The zero-order valence-electron chi connectivity index (χ0n) is 14.9. The van der Waals surface area contributed by atoms with Gasteiger partial charge in [-0.1, -0.05) is 0 Å². The van der Waals surface area contributed by atoms with Crippen LogP contribution in [-0.4, -0.2) is 55.7 Å². The minimum atomic E-state index is -0.676. The summed E-state index contributed by atoms with van der Waals surface area (Å²) < 4.78 is 15.3. The molecule has 1 aromatic carbocycles. The molecule has 0 spiro atoms. The maximum atomic E-state index is 12.3. The highest BCUT2D eigenvalue weighted by atomic mass is 32.2. The van der Waals surface area contributed by atoms with E-state index in [2.05, 4.69) is 10.6 Å². The number of benzene rings is 1. The molecule has 26 heavy (non-hydrogen) atoms. The van der Waals surface area contributed by atoms with E-state index in [1.54, 1.807) is 25.1 Å². The number of rotatable bonds is 7. The summed E-state index contributed by atoms with van der Waals surface area (Å²) in [6.07, 6.45) is -0.0214. The van der Waals surface area contributed by atoms with Gasteiger partial charge in [0.05, 0.1) is 31.8 Å². The molecule has 0 bridgehead atoms. The number of thioether (sulfide) groups is 1. The van der Waals surface area contributed by atoms with Gasteiger partial charge < -0.3 is 24.8 Å². The van der Waals surface area contributed by atoms with Crippen LogP contribution in [0, 0.1) is 0 Å². The number of carbonyl (C=O) groups excluding carboxylic acids is 3. The number of anilines is 1. The molecule has 2 rings (SSSR count). The van der Waals surface area contributed by atoms with Crippen LogP contribution in [0.2, 0.25) is 0 Å². The Labute approximate surface area is 155 Å². The van der Waals surface area contributed by atoms with Crippen LogP contribution in [0.15, 0.2) is 18.2 Å². The molecule has 0 saturated carbocycles. The summed E-state index contributed by atoms with van der Waals surface area (Å²) in [7, 11) is 3.02. The highest BCUT2D eigenvalue weighted by molar-refractivity contribution is 8.00. The van der Waals surface area contributed by atoms with Gasteiger partial charge in [0.15, 0.2) is 0 Å². The van der Waals surface area contributed by atoms with Crippen LogP contribution in [0.25, 0.3) is 0 Å². The number of ether oxygens (including phenoxy) is 3. The lowest BCUT2D eigenvalue weighted by molar-refractivity contribution is -0.146. The SMILES string of the molecule is CCOC(=O)[C@H]1CS[C@H](CC(=O)Nc2cc(OC)ccc2OC)C(=O)N1. The summed E-state index contributed by atoms with van der Waals surface area (Å²) in [5.74, 6) is 0.277. The zero-order valence-corrected chi connectivity index (χ0v) is 15.7. The van der Waals surface area contributed by atoms with Crippen molar-refractivity contribution in [3.8, 4) is 11.5 Å². The van der Waals surface area contributed by atoms with E-state index in [0.29, 0.717) is 22.9 Å². The third kappa shape index (κ3) is 5.04. The summed E-state index contributed by atoms with van der Waals surface area (Å²) >= 11 is 1.26. The van der Waals surface area contributed by atoms with E-state index < -0.39 is 17.3 Å². The predicted octanol–water partition coefficient (Wildman–Crippen LogP) is 1.20. The highest BCUT2D eigenvalue weighted by Gasteiger charge is 2.34. The van der Waals surface area contributed by atoms with Crippen molar-refractivity contribution in [1.29, 1.82) is 0 Å². The van der Waals surface area contributed by atoms with Crippen molar-refractivity contribution in [1.82, 2.24) is 5.32 Å². The fraction of sp³-hybridized carbons (Fsp3) is 0.471. The van der Waals surface area contributed by atoms with Gasteiger partial charge in [-0.05, 0) is 19.1 Å². The Hall–Kier alpha value is -2.42. The average Bonchev–Trinajstić information content (AvgIpc) is 2.63. The largest absolute Gasteiger partial charge is 0.497 e. The molecule has 1 fully saturated rings. The van der Waals surface area contributed by atoms with Crippen LogP contribution in [0.5, 0.6) is 11.5 Å². The van der Waals surface area contributed by atoms with E-state index in [9.17, 15) is 14.4 Å². The average molecular weight is 382 g/mol. The summed E-state index contributed by atoms with van der Waals surface area (Å²) in [5, 5.41) is 4.76. The van der Waals surface area contributed by atoms with Gasteiger partial charge >= 0.3 is 5.97 Å². The molecular weight excluding hydrogens is 360 g/mol. The molecule has 9 heteroatoms. The summed E-state index contributed by atoms with van der Waals surface area (Å²) in [5.41, 5.74) is 0.461. The molecular formula is C17H22N2O6S. The molecule has 1 aliphatic rings. The third-order valence-corrected chi connectivity index (χ3v) is 5.00. The minimum Gasteiger partial charge on any atom is -0.497 e. The number of nitrogens with one attached hydrogen (secondary N) is 2. The predicted molar refractivity (Wildman–Crippen MR) is 97.6 cm³/mol. The lowest BCUT2D eigenvalue weighted by atomic mass is 10.2. The van der Waals surface area contributed by atoms with Crippen molar-refractivity contribution in [2.24, 2.45) is 0 Å². The lowest BCUT2D eigenvalue weighted by Gasteiger charge is -2.27. The van der Waals surface area contributed by atoms with E-state index >= 15 is 0 Å². The van der Waals surface area contributed by atoms with Crippen molar-refractivity contribution < 1.29 is 28.6 Å². The van der Waals surface area contributed by atoms with Gasteiger partial charge in [-0.15, -0.1) is 11.8 Å². The number of methoxy groups -OCH3 is 2. The topological polar surface area (TPSA) is 103 Å². The van der Waals surface area contributed by atoms with Gasteiger partial charge in [-0.2, -0.15) is 0 Å². The number of esters is 1. The van der Waals surface area contributed by atoms with E-state index in [1.165, 1.54) is 26.0 Å². The molecule has 0 aliphatic carbocycles. The molecule has 2 N–H and O–H groups in total. The van der Waals surface area contributed by atoms with Crippen LogP contribution in [0.1, 0.15) is 13.3 Å². The van der Waals surface area contributed by atoms with E-state index in [0.717, 1.165) is 0 Å². The first-order valence-electron chi connectivity index (χ1n) is 8.09. The Balaban J connectivity index is 1.94. The van der Waals surface area contributed by atoms with Crippen LogP contribution in [0.4, 0.5) is 5.69 Å². The minimum absolute atomic E-state index is 0.0214. The first kappa shape index (κ1) is 19.9. The maximum Gasteiger partial charge on any atom is 0.329 e. The van der Waals surface area contributed by atoms with Crippen LogP contribution < -0.4 is 20.1 Å². The van der Waals surface area contributed by atoms with Crippen molar-refractivity contribution in [3.63, 3.8) is 0 Å². The van der Waals surface area contributed by atoms with Gasteiger partial charge in [-0.25, -0.2) is 4.79 Å². The van der Waals surface area contributed by atoms with Gasteiger partial charge in [-0.3, -0.25) is 9.59 Å². The molecule has 0 aromatic heterocycles. The Morgan fingerprint density at radius 2 is 2.08 bits per heavy atom. The Morgan fingerprint density at radius 3 is 2.69 bits per heavy atom. The third-order valence-electron chi connectivity index (χ3n) is 3.70. The molecule has 0 radical (unpaired) electrons. The normalized spacial score (nSPS) is 19.3. The molecule has 0 unspecified atom stereocenters. The number of amides is 2. The highest BCUT2D eigenvalue weighted by Crippen LogP contribution is 2.29.